The first kappa shape index (κ1) is 17.3. The van der Waals surface area contributed by atoms with Gasteiger partial charge in [-0.1, -0.05) is 32.3 Å². The number of unbranched alkanes of at least 4 members (excludes halogenated alkanes) is 3. The van der Waals surface area contributed by atoms with Crippen molar-refractivity contribution in [2.75, 3.05) is 18.9 Å². The molecule has 0 bridgehead atoms. The van der Waals surface area contributed by atoms with Crippen LogP contribution in [0.15, 0.2) is 18.2 Å². The highest BCUT2D eigenvalue weighted by molar-refractivity contribution is 6.00. The number of carbonyl (C=O) groups excluding carboxylic acids is 1. The molecule has 1 amide bonds. The molecule has 21 heavy (non-hydrogen) atoms. The van der Waals surface area contributed by atoms with E-state index in [1.165, 1.54) is 19.2 Å². The fourth-order valence-electron chi connectivity index (χ4n) is 2.10. The minimum Gasteiger partial charge on any atom is -0.387 e. The quantitative estimate of drug-likeness (QED) is 0.746. The number of anilines is 1. The first-order valence-corrected chi connectivity index (χ1v) is 7.08. The number of hydrogen-bond acceptors (Lipinski definition) is 2. The second-order valence-electron chi connectivity index (χ2n) is 4.79. The molecule has 118 valence electrons. The number of hydrogen-bond donors (Lipinski definition) is 2. The van der Waals surface area contributed by atoms with Crippen LogP contribution in [0.4, 0.5) is 18.9 Å². The predicted molar refractivity (Wildman–Crippen MR) is 77.5 cm³/mol. The van der Waals surface area contributed by atoms with Gasteiger partial charge in [-0.15, -0.1) is 0 Å². The van der Waals surface area contributed by atoms with E-state index < -0.39 is 17.6 Å². The molecule has 1 aromatic rings. The van der Waals surface area contributed by atoms with Gasteiger partial charge in [0, 0.05) is 13.6 Å². The molecule has 0 aliphatic heterocycles. The van der Waals surface area contributed by atoms with Crippen LogP contribution in [0.1, 0.15) is 48.5 Å². The van der Waals surface area contributed by atoms with Crippen molar-refractivity contribution in [2.45, 2.75) is 38.8 Å². The summed E-state index contributed by atoms with van der Waals surface area (Å²) >= 11 is 0. The van der Waals surface area contributed by atoms with Crippen molar-refractivity contribution in [3.8, 4) is 0 Å². The van der Waals surface area contributed by atoms with Crippen LogP contribution in [0.25, 0.3) is 0 Å². The lowest BCUT2D eigenvalue weighted by Gasteiger charge is -2.16. The highest BCUT2D eigenvalue weighted by atomic mass is 19.4. The van der Waals surface area contributed by atoms with E-state index in [0.717, 1.165) is 31.7 Å². The molecule has 0 atom stereocenters. The summed E-state index contributed by atoms with van der Waals surface area (Å²) in [6.45, 7) is 2.55. The predicted octanol–water partition coefficient (Wildman–Crippen LogP) is 4.06. The number of halogens is 3. The lowest BCUT2D eigenvalue weighted by Crippen LogP contribution is -2.26. The van der Waals surface area contributed by atoms with Crippen molar-refractivity contribution in [3.05, 3.63) is 29.3 Å². The SMILES string of the molecule is CCCCCCNC(=O)c1cccc(C(F)(F)F)c1NC. The third kappa shape index (κ3) is 4.95. The Kier molecular flexibility index (Phi) is 6.52. The van der Waals surface area contributed by atoms with E-state index in [9.17, 15) is 18.0 Å². The van der Waals surface area contributed by atoms with Crippen LogP contribution < -0.4 is 10.6 Å². The average Bonchev–Trinajstić information content (AvgIpc) is 2.45. The number of carbonyl (C=O) groups is 1. The molecule has 2 N–H and O–H groups in total. The zero-order valence-corrected chi connectivity index (χ0v) is 12.3. The Hall–Kier alpha value is -1.72. The second-order valence-corrected chi connectivity index (χ2v) is 4.79. The molecule has 0 heterocycles. The van der Waals surface area contributed by atoms with Crippen LogP contribution in [0.5, 0.6) is 0 Å². The maximum Gasteiger partial charge on any atom is 0.418 e. The third-order valence-corrected chi connectivity index (χ3v) is 3.18. The summed E-state index contributed by atoms with van der Waals surface area (Å²) < 4.78 is 38.7. The van der Waals surface area contributed by atoms with Crippen LogP contribution in [0.3, 0.4) is 0 Å². The number of nitrogens with one attached hydrogen (secondary N) is 2. The zero-order chi connectivity index (χ0) is 15.9. The van der Waals surface area contributed by atoms with E-state index >= 15 is 0 Å². The Balaban J connectivity index is 2.80. The van der Waals surface area contributed by atoms with Crippen molar-refractivity contribution in [1.82, 2.24) is 5.32 Å². The summed E-state index contributed by atoms with van der Waals surface area (Å²) in [6, 6.07) is 3.60. The Morgan fingerprint density at radius 2 is 1.90 bits per heavy atom. The second kappa shape index (κ2) is 7.90. The van der Waals surface area contributed by atoms with Gasteiger partial charge in [0.25, 0.3) is 5.91 Å². The normalized spacial score (nSPS) is 11.3. The molecule has 0 radical (unpaired) electrons. The van der Waals surface area contributed by atoms with Crippen molar-refractivity contribution in [2.24, 2.45) is 0 Å². The number of alkyl halides is 3. The maximum atomic E-state index is 12.9. The van der Waals surface area contributed by atoms with Crippen molar-refractivity contribution < 1.29 is 18.0 Å². The van der Waals surface area contributed by atoms with E-state index in [1.807, 2.05) is 0 Å². The summed E-state index contributed by atoms with van der Waals surface area (Å²) in [6.07, 6.45) is -0.492. The summed E-state index contributed by atoms with van der Waals surface area (Å²) in [4.78, 5) is 12.0. The van der Waals surface area contributed by atoms with Gasteiger partial charge in [0.05, 0.1) is 16.8 Å². The van der Waals surface area contributed by atoms with Crippen LogP contribution in [-0.2, 0) is 6.18 Å². The van der Waals surface area contributed by atoms with Gasteiger partial charge in [0.1, 0.15) is 0 Å². The van der Waals surface area contributed by atoms with Gasteiger partial charge in [0.2, 0.25) is 0 Å². The molecule has 0 aliphatic rings. The molecule has 0 aromatic heterocycles. The van der Waals surface area contributed by atoms with Crippen molar-refractivity contribution >= 4 is 11.6 Å². The van der Waals surface area contributed by atoms with Crippen LogP contribution >= 0.6 is 0 Å². The summed E-state index contributed by atoms with van der Waals surface area (Å²) in [7, 11) is 1.38. The van der Waals surface area contributed by atoms with Gasteiger partial charge in [-0.05, 0) is 18.6 Å². The average molecular weight is 302 g/mol. The number of benzene rings is 1. The lowest BCUT2D eigenvalue weighted by molar-refractivity contribution is -0.136. The summed E-state index contributed by atoms with van der Waals surface area (Å²) in [5, 5.41) is 5.15. The van der Waals surface area contributed by atoms with Gasteiger partial charge in [0.15, 0.2) is 0 Å². The van der Waals surface area contributed by atoms with Crippen LogP contribution in [0.2, 0.25) is 0 Å². The number of amides is 1. The molecule has 0 aliphatic carbocycles. The standard InChI is InChI=1S/C15H21F3N2O/c1-3-4-5-6-10-20-14(21)11-8-7-9-12(13(11)19-2)15(16,17)18/h7-9,19H,3-6,10H2,1-2H3,(H,20,21). The summed E-state index contributed by atoms with van der Waals surface area (Å²) in [5.41, 5.74) is -0.998. The molecule has 1 aromatic carbocycles. The van der Waals surface area contributed by atoms with Gasteiger partial charge in [-0.25, -0.2) is 0 Å². The fraction of sp³-hybridized carbons (Fsp3) is 0.533. The molecule has 6 heteroatoms. The lowest BCUT2D eigenvalue weighted by atomic mass is 10.1. The minimum absolute atomic E-state index is 0.0165. The Morgan fingerprint density at radius 1 is 1.19 bits per heavy atom. The zero-order valence-electron chi connectivity index (χ0n) is 12.3. The highest BCUT2D eigenvalue weighted by Gasteiger charge is 2.34. The molecule has 0 unspecified atom stereocenters. The maximum absolute atomic E-state index is 12.9. The van der Waals surface area contributed by atoms with Crippen LogP contribution in [0, 0.1) is 0 Å². The Morgan fingerprint density at radius 3 is 2.48 bits per heavy atom. The van der Waals surface area contributed by atoms with E-state index in [0.29, 0.717) is 6.54 Å². The molecule has 0 saturated heterocycles. The number of para-hydroxylation sites is 1. The largest absolute Gasteiger partial charge is 0.418 e. The Bertz CT molecular complexity index is 472. The van der Waals surface area contributed by atoms with E-state index in [-0.39, 0.29) is 11.3 Å². The van der Waals surface area contributed by atoms with Crippen molar-refractivity contribution in [3.63, 3.8) is 0 Å². The van der Waals surface area contributed by atoms with E-state index in [1.54, 1.807) is 0 Å². The van der Waals surface area contributed by atoms with E-state index in [4.69, 9.17) is 0 Å². The number of rotatable bonds is 7. The first-order chi connectivity index (χ1) is 9.91. The smallest absolute Gasteiger partial charge is 0.387 e. The topological polar surface area (TPSA) is 41.1 Å². The Labute approximate surface area is 122 Å². The van der Waals surface area contributed by atoms with Crippen LogP contribution in [-0.4, -0.2) is 19.5 Å². The fourth-order valence-corrected chi connectivity index (χ4v) is 2.10. The monoisotopic (exact) mass is 302 g/mol. The highest BCUT2D eigenvalue weighted by Crippen LogP contribution is 2.36. The van der Waals surface area contributed by atoms with Gasteiger partial charge in [-0.3, -0.25) is 4.79 Å². The van der Waals surface area contributed by atoms with E-state index in [2.05, 4.69) is 17.6 Å². The molecule has 3 nitrogen and oxygen atoms in total. The van der Waals surface area contributed by atoms with Crippen molar-refractivity contribution in [1.29, 1.82) is 0 Å². The molecular formula is C15H21F3N2O. The third-order valence-electron chi connectivity index (χ3n) is 3.18. The molecular weight excluding hydrogens is 281 g/mol. The molecule has 0 fully saturated rings. The molecule has 0 saturated carbocycles. The molecule has 0 spiro atoms. The van der Waals surface area contributed by atoms with Gasteiger partial charge >= 0.3 is 6.18 Å². The van der Waals surface area contributed by atoms with Gasteiger partial charge in [-0.2, -0.15) is 13.2 Å². The van der Waals surface area contributed by atoms with Gasteiger partial charge < -0.3 is 10.6 Å². The first-order valence-electron chi connectivity index (χ1n) is 7.08. The minimum atomic E-state index is -4.49. The molecule has 1 rings (SSSR count). The summed E-state index contributed by atoms with van der Waals surface area (Å²) in [5.74, 6) is -0.484.